The molecule has 0 aliphatic carbocycles. The van der Waals surface area contributed by atoms with Gasteiger partial charge in [-0.1, -0.05) is 0 Å². The van der Waals surface area contributed by atoms with E-state index in [4.69, 9.17) is 4.84 Å². The minimum Gasteiger partial charge on any atom is -0.413 e. The van der Waals surface area contributed by atoms with Crippen LogP contribution in [0.25, 0.3) is 0 Å². The summed E-state index contributed by atoms with van der Waals surface area (Å²) in [5.74, 6) is 1.75. The molecule has 0 aromatic rings. The van der Waals surface area contributed by atoms with Crippen LogP contribution in [0.2, 0.25) is 0 Å². The van der Waals surface area contributed by atoms with E-state index >= 15 is 0 Å². The van der Waals surface area contributed by atoms with Gasteiger partial charge in [-0.15, -0.1) is 0 Å². The summed E-state index contributed by atoms with van der Waals surface area (Å²) < 4.78 is 0. The zero-order chi connectivity index (χ0) is 7.52. The molecule has 0 aromatic heterocycles. The van der Waals surface area contributed by atoms with Crippen molar-refractivity contribution in [3.63, 3.8) is 0 Å². The summed E-state index contributed by atoms with van der Waals surface area (Å²) >= 11 is 0. The van der Waals surface area contributed by atoms with Crippen LogP contribution in [0.3, 0.4) is 0 Å². The first-order chi connectivity index (χ1) is 5.47. The van der Waals surface area contributed by atoms with Crippen molar-refractivity contribution in [1.29, 1.82) is 0 Å². The maximum absolute atomic E-state index is 5.26. The van der Waals surface area contributed by atoms with E-state index in [1.54, 1.807) is 0 Å². The second kappa shape index (κ2) is 3.24. The fourth-order valence-electron chi connectivity index (χ4n) is 1.65. The molecule has 1 unspecified atom stereocenters. The zero-order valence-electron chi connectivity index (χ0n) is 6.60. The Balaban J connectivity index is 1.92. The van der Waals surface area contributed by atoms with Gasteiger partial charge in [-0.3, -0.25) is 0 Å². The summed E-state index contributed by atoms with van der Waals surface area (Å²) in [7, 11) is 0. The Kier molecular flexibility index (Phi) is 2.10. The molecule has 1 atom stereocenters. The maximum atomic E-state index is 5.26. The fraction of sp³-hybridized carbons (Fsp3) is 0.750. The van der Waals surface area contributed by atoms with Gasteiger partial charge in [0.1, 0.15) is 5.76 Å². The third-order valence-electron chi connectivity index (χ3n) is 2.28. The predicted molar refractivity (Wildman–Crippen MR) is 42.8 cm³/mol. The molecule has 1 saturated heterocycles. The highest BCUT2D eigenvalue weighted by molar-refractivity contribution is 5.04. The van der Waals surface area contributed by atoms with Crippen LogP contribution in [-0.4, -0.2) is 19.6 Å². The summed E-state index contributed by atoms with van der Waals surface area (Å²) in [6.45, 7) is 3.11. The first kappa shape index (κ1) is 7.13. The van der Waals surface area contributed by atoms with E-state index < -0.39 is 0 Å². The minimum absolute atomic E-state index is 0.610. The number of rotatable bonds is 1. The molecule has 2 aliphatic rings. The highest BCUT2D eigenvalue weighted by Gasteiger charge is 2.20. The first-order valence-corrected chi connectivity index (χ1v) is 4.27. The second-order valence-corrected chi connectivity index (χ2v) is 3.10. The Morgan fingerprint density at radius 2 is 2.55 bits per heavy atom. The lowest BCUT2D eigenvalue weighted by Crippen LogP contribution is -2.31. The van der Waals surface area contributed by atoms with Crippen LogP contribution >= 0.6 is 0 Å². The maximum Gasteiger partial charge on any atom is 0.126 e. The van der Waals surface area contributed by atoms with Crippen molar-refractivity contribution in [2.45, 2.75) is 12.8 Å². The van der Waals surface area contributed by atoms with E-state index in [0.29, 0.717) is 5.92 Å². The standard InChI is InChI=1S/C8H14N2O/c1-2-7(6-9-4-1)8-3-5-10-11-8/h3,7,9-10H,1-2,4-6H2. The Bertz CT molecular complexity index is 161. The van der Waals surface area contributed by atoms with Crippen molar-refractivity contribution in [3.05, 3.63) is 11.8 Å². The Morgan fingerprint density at radius 1 is 1.55 bits per heavy atom. The van der Waals surface area contributed by atoms with E-state index in [1.165, 1.54) is 12.8 Å². The van der Waals surface area contributed by atoms with Gasteiger partial charge in [-0.05, 0) is 25.5 Å². The Morgan fingerprint density at radius 3 is 3.18 bits per heavy atom. The van der Waals surface area contributed by atoms with Crippen LogP contribution in [0.15, 0.2) is 11.8 Å². The smallest absolute Gasteiger partial charge is 0.126 e. The molecule has 2 rings (SSSR count). The lowest BCUT2D eigenvalue weighted by molar-refractivity contribution is 0.108. The van der Waals surface area contributed by atoms with Gasteiger partial charge >= 0.3 is 0 Å². The van der Waals surface area contributed by atoms with Crippen LogP contribution in [0.5, 0.6) is 0 Å². The molecule has 62 valence electrons. The van der Waals surface area contributed by atoms with Crippen LogP contribution in [0.4, 0.5) is 0 Å². The van der Waals surface area contributed by atoms with Gasteiger partial charge in [0.05, 0.1) is 6.54 Å². The summed E-state index contributed by atoms with van der Waals surface area (Å²) in [5, 5.41) is 3.36. The molecule has 0 amide bonds. The highest BCUT2D eigenvalue weighted by Crippen LogP contribution is 2.21. The number of hydrogen-bond acceptors (Lipinski definition) is 3. The van der Waals surface area contributed by atoms with Crippen molar-refractivity contribution in [2.75, 3.05) is 19.6 Å². The molecule has 0 radical (unpaired) electrons. The predicted octanol–water partition coefficient (Wildman–Crippen LogP) is 0.405. The van der Waals surface area contributed by atoms with Crippen LogP contribution in [-0.2, 0) is 4.84 Å². The first-order valence-electron chi connectivity index (χ1n) is 4.27. The fourth-order valence-corrected chi connectivity index (χ4v) is 1.65. The molecule has 2 heterocycles. The van der Waals surface area contributed by atoms with Crippen LogP contribution < -0.4 is 10.8 Å². The molecule has 3 nitrogen and oxygen atoms in total. The van der Waals surface area contributed by atoms with E-state index in [0.717, 1.165) is 25.4 Å². The molecule has 2 aliphatic heterocycles. The Hall–Kier alpha value is -0.540. The molecule has 2 N–H and O–H groups in total. The third-order valence-corrected chi connectivity index (χ3v) is 2.28. The minimum atomic E-state index is 0.610. The topological polar surface area (TPSA) is 33.3 Å². The van der Waals surface area contributed by atoms with Gasteiger partial charge in [0.25, 0.3) is 0 Å². The van der Waals surface area contributed by atoms with Gasteiger partial charge in [0, 0.05) is 12.5 Å². The quantitative estimate of drug-likeness (QED) is 0.573. The van der Waals surface area contributed by atoms with E-state index in [2.05, 4.69) is 16.9 Å². The van der Waals surface area contributed by atoms with E-state index in [9.17, 15) is 0 Å². The molecule has 11 heavy (non-hydrogen) atoms. The van der Waals surface area contributed by atoms with Crippen molar-refractivity contribution in [1.82, 2.24) is 10.8 Å². The van der Waals surface area contributed by atoms with Gasteiger partial charge < -0.3 is 10.2 Å². The van der Waals surface area contributed by atoms with Crippen molar-refractivity contribution in [2.24, 2.45) is 5.92 Å². The molecule has 0 bridgehead atoms. The van der Waals surface area contributed by atoms with Gasteiger partial charge in [0.15, 0.2) is 0 Å². The van der Waals surface area contributed by atoms with Gasteiger partial charge in [-0.25, -0.2) is 0 Å². The Labute approximate surface area is 66.8 Å². The average molecular weight is 154 g/mol. The second-order valence-electron chi connectivity index (χ2n) is 3.10. The molecule has 3 heteroatoms. The number of nitrogens with one attached hydrogen (secondary N) is 2. The molecular formula is C8H14N2O. The largest absolute Gasteiger partial charge is 0.413 e. The molecule has 0 spiro atoms. The summed E-state index contributed by atoms with van der Waals surface area (Å²) in [6.07, 6.45) is 4.67. The molecular weight excluding hydrogens is 140 g/mol. The third kappa shape index (κ3) is 1.54. The van der Waals surface area contributed by atoms with E-state index in [-0.39, 0.29) is 0 Å². The number of hydroxylamine groups is 1. The number of hydrogen-bond donors (Lipinski definition) is 2. The monoisotopic (exact) mass is 154 g/mol. The normalized spacial score (nSPS) is 31.3. The summed E-state index contributed by atoms with van der Waals surface area (Å²) in [5.41, 5.74) is 2.85. The summed E-state index contributed by atoms with van der Waals surface area (Å²) in [6, 6.07) is 0. The lowest BCUT2D eigenvalue weighted by atomic mass is 9.97. The van der Waals surface area contributed by atoms with Gasteiger partial charge in [0.2, 0.25) is 0 Å². The van der Waals surface area contributed by atoms with Crippen molar-refractivity contribution in [3.8, 4) is 0 Å². The van der Waals surface area contributed by atoms with Crippen molar-refractivity contribution < 1.29 is 4.84 Å². The average Bonchev–Trinajstić information content (AvgIpc) is 2.58. The van der Waals surface area contributed by atoms with Crippen LogP contribution in [0.1, 0.15) is 12.8 Å². The SMILES string of the molecule is C1=C(C2CCCNC2)ONC1. The zero-order valence-corrected chi connectivity index (χ0v) is 6.60. The molecule has 0 saturated carbocycles. The molecule has 0 aromatic carbocycles. The van der Waals surface area contributed by atoms with Crippen molar-refractivity contribution >= 4 is 0 Å². The van der Waals surface area contributed by atoms with Gasteiger partial charge in [-0.2, -0.15) is 5.48 Å². The van der Waals surface area contributed by atoms with E-state index in [1.807, 2.05) is 0 Å². The highest BCUT2D eigenvalue weighted by atomic mass is 16.7. The number of piperidine rings is 1. The molecule has 1 fully saturated rings. The lowest BCUT2D eigenvalue weighted by Gasteiger charge is -2.22. The summed E-state index contributed by atoms with van der Waals surface area (Å²) in [4.78, 5) is 5.26. The van der Waals surface area contributed by atoms with Crippen LogP contribution in [0, 0.1) is 5.92 Å².